The number of hydrogen-bond acceptors (Lipinski definition) is 4. The van der Waals surface area contributed by atoms with Gasteiger partial charge in [0.25, 0.3) is 0 Å². The summed E-state index contributed by atoms with van der Waals surface area (Å²) in [6.07, 6.45) is 2.35. The van der Waals surface area contributed by atoms with Gasteiger partial charge in [0.05, 0.1) is 6.54 Å². The van der Waals surface area contributed by atoms with Crippen LogP contribution >= 0.6 is 11.3 Å². The van der Waals surface area contributed by atoms with Crippen LogP contribution in [-0.2, 0) is 11.3 Å². The molecular weight excluding hydrogens is 318 g/mol. The van der Waals surface area contributed by atoms with Crippen LogP contribution in [-0.4, -0.2) is 66.4 Å². The van der Waals surface area contributed by atoms with Gasteiger partial charge >= 0.3 is 0 Å². The first-order chi connectivity index (χ1) is 11.8. The Balaban J connectivity index is 1.27. The smallest absolute Gasteiger partial charge is 0.236 e. The van der Waals surface area contributed by atoms with Crippen molar-refractivity contribution >= 4 is 27.3 Å². The second-order valence-electron chi connectivity index (χ2n) is 6.89. The number of hydrogen-bond donors (Lipinski definition) is 0. The zero-order chi connectivity index (χ0) is 16.4. The minimum Gasteiger partial charge on any atom is -0.342 e. The molecule has 4 nitrogen and oxygen atoms in total. The maximum Gasteiger partial charge on any atom is 0.236 e. The van der Waals surface area contributed by atoms with Crippen LogP contribution in [0, 0.1) is 0 Å². The first kappa shape index (κ1) is 16.1. The number of likely N-dealkylation sites (tertiary alicyclic amines) is 1. The van der Waals surface area contributed by atoms with Crippen molar-refractivity contribution in [2.24, 2.45) is 0 Å². The van der Waals surface area contributed by atoms with Crippen molar-refractivity contribution < 1.29 is 4.79 Å². The Morgan fingerprint density at radius 1 is 0.958 bits per heavy atom. The van der Waals surface area contributed by atoms with Crippen molar-refractivity contribution in [2.45, 2.75) is 19.4 Å². The van der Waals surface area contributed by atoms with Crippen molar-refractivity contribution in [1.29, 1.82) is 0 Å². The van der Waals surface area contributed by atoms with Crippen molar-refractivity contribution in [3.05, 3.63) is 35.2 Å². The Morgan fingerprint density at radius 3 is 2.42 bits per heavy atom. The number of fused-ring (bicyclic) bond motifs is 1. The van der Waals surface area contributed by atoms with Gasteiger partial charge in [0.2, 0.25) is 5.91 Å². The summed E-state index contributed by atoms with van der Waals surface area (Å²) < 4.78 is 1.38. The summed E-state index contributed by atoms with van der Waals surface area (Å²) in [6, 6.07) is 10.9. The topological polar surface area (TPSA) is 26.8 Å². The lowest BCUT2D eigenvalue weighted by Gasteiger charge is -2.34. The van der Waals surface area contributed by atoms with Gasteiger partial charge in [0.15, 0.2) is 0 Å². The first-order valence-corrected chi connectivity index (χ1v) is 9.79. The summed E-state index contributed by atoms with van der Waals surface area (Å²) in [4.78, 5) is 20.6. The standard InChI is InChI=1S/C19H25N3OS/c23-19(22-7-3-4-8-22)15-21-11-9-20(10-12-21)14-17-13-16-5-1-2-6-18(16)24-17/h1-2,5-6,13H,3-4,7-12,14-15H2. The predicted molar refractivity (Wildman–Crippen MR) is 99.4 cm³/mol. The van der Waals surface area contributed by atoms with Crippen LogP contribution in [0.1, 0.15) is 17.7 Å². The number of carbonyl (C=O) groups excluding carboxylic acids is 1. The number of carbonyl (C=O) groups is 1. The van der Waals surface area contributed by atoms with E-state index in [1.165, 1.54) is 27.8 Å². The van der Waals surface area contributed by atoms with E-state index < -0.39 is 0 Å². The summed E-state index contributed by atoms with van der Waals surface area (Å²) in [5, 5.41) is 1.35. The van der Waals surface area contributed by atoms with Crippen molar-refractivity contribution in [2.75, 3.05) is 45.8 Å². The number of amides is 1. The molecule has 1 aromatic carbocycles. The number of rotatable bonds is 4. The minimum absolute atomic E-state index is 0.324. The van der Waals surface area contributed by atoms with Gasteiger partial charge in [0, 0.05) is 55.4 Å². The van der Waals surface area contributed by atoms with E-state index in [9.17, 15) is 4.79 Å². The lowest BCUT2D eigenvalue weighted by atomic mass is 10.2. The molecular formula is C19H25N3OS. The molecule has 24 heavy (non-hydrogen) atoms. The molecule has 2 aliphatic heterocycles. The van der Waals surface area contributed by atoms with Crippen LogP contribution < -0.4 is 0 Å². The Bertz CT molecular complexity index is 666. The number of nitrogens with zero attached hydrogens (tertiary/aromatic N) is 3. The molecule has 0 unspecified atom stereocenters. The fourth-order valence-electron chi connectivity index (χ4n) is 3.70. The van der Waals surface area contributed by atoms with E-state index >= 15 is 0 Å². The molecule has 0 radical (unpaired) electrons. The number of piperazine rings is 1. The van der Waals surface area contributed by atoms with Crippen LogP contribution in [0.3, 0.4) is 0 Å². The van der Waals surface area contributed by atoms with Crippen LogP contribution in [0.15, 0.2) is 30.3 Å². The van der Waals surface area contributed by atoms with Gasteiger partial charge in [-0.3, -0.25) is 14.6 Å². The third kappa shape index (κ3) is 3.63. The highest BCUT2D eigenvalue weighted by Gasteiger charge is 2.23. The normalized spacial score (nSPS) is 20.1. The van der Waals surface area contributed by atoms with Crippen molar-refractivity contribution in [1.82, 2.24) is 14.7 Å². The maximum absolute atomic E-state index is 12.3. The first-order valence-electron chi connectivity index (χ1n) is 8.98. The van der Waals surface area contributed by atoms with Crippen LogP contribution in [0.4, 0.5) is 0 Å². The highest BCUT2D eigenvalue weighted by atomic mass is 32.1. The molecule has 2 aromatic rings. The lowest BCUT2D eigenvalue weighted by Crippen LogP contribution is -2.49. The summed E-state index contributed by atoms with van der Waals surface area (Å²) in [5.41, 5.74) is 0. The molecule has 2 saturated heterocycles. The predicted octanol–water partition coefficient (Wildman–Crippen LogP) is 2.64. The quantitative estimate of drug-likeness (QED) is 0.854. The number of benzene rings is 1. The molecule has 4 rings (SSSR count). The van der Waals surface area contributed by atoms with Gasteiger partial charge in [-0.25, -0.2) is 0 Å². The Labute approximate surface area is 147 Å². The molecule has 5 heteroatoms. The molecule has 0 saturated carbocycles. The number of thiophene rings is 1. The van der Waals surface area contributed by atoms with Crippen LogP contribution in [0.2, 0.25) is 0 Å². The average molecular weight is 343 g/mol. The second kappa shape index (κ2) is 7.21. The minimum atomic E-state index is 0.324. The van der Waals surface area contributed by atoms with E-state index in [2.05, 4.69) is 40.1 Å². The van der Waals surface area contributed by atoms with Crippen LogP contribution in [0.5, 0.6) is 0 Å². The highest BCUT2D eigenvalue weighted by Crippen LogP contribution is 2.26. The third-order valence-corrected chi connectivity index (χ3v) is 6.24. The van der Waals surface area contributed by atoms with E-state index in [0.717, 1.165) is 45.8 Å². The van der Waals surface area contributed by atoms with Gasteiger partial charge in [-0.15, -0.1) is 11.3 Å². The molecule has 2 fully saturated rings. The van der Waals surface area contributed by atoms with Gasteiger partial charge in [0.1, 0.15) is 0 Å². The zero-order valence-corrected chi connectivity index (χ0v) is 14.9. The molecule has 128 valence electrons. The molecule has 1 aromatic heterocycles. The summed E-state index contributed by atoms with van der Waals surface area (Å²) in [5.74, 6) is 0.324. The lowest BCUT2D eigenvalue weighted by molar-refractivity contribution is -0.131. The fourth-order valence-corrected chi connectivity index (χ4v) is 4.81. The second-order valence-corrected chi connectivity index (χ2v) is 8.06. The van der Waals surface area contributed by atoms with Crippen molar-refractivity contribution in [3.8, 4) is 0 Å². The van der Waals surface area contributed by atoms with E-state index in [4.69, 9.17) is 0 Å². The monoisotopic (exact) mass is 343 g/mol. The molecule has 1 amide bonds. The van der Waals surface area contributed by atoms with Crippen LogP contribution in [0.25, 0.3) is 10.1 Å². The summed E-state index contributed by atoms with van der Waals surface area (Å²) in [6.45, 7) is 7.69. The summed E-state index contributed by atoms with van der Waals surface area (Å²) in [7, 11) is 0. The third-order valence-electron chi connectivity index (χ3n) is 5.14. The van der Waals surface area contributed by atoms with E-state index in [1.54, 1.807) is 0 Å². The molecule has 0 spiro atoms. The van der Waals surface area contributed by atoms with E-state index in [1.807, 2.05) is 16.2 Å². The molecule has 2 aliphatic rings. The van der Waals surface area contributed by atoms with Crippen molar-refractivity contribution in [3.63, 3.8) is 0 Å². The molecule has 0 bridgehead atoms. The van der Waals surface area contributed by atoms with Gasteiger partial charge in [-0.05, 0) is 30.4 Å². The highest BCUT2D eigenvalue weighted by molar-refractivity contribution is 7.19. The molecule has 0 atom stereocenters. The Morgan fingerprint density at radius 2 is 1.67 bits per heavy atom. The van der Waals surface area contributed by atoms with E-state index in [-0.39, 0.29) is 0 Å². The summed E-state index contributed by atoms with van der Waals surface area (Å²) >= 11 is 1.90. The van der Waals surface area contributed by atoms with Gasteiger partial charge < -0.3 is 4.90 Å². The molecule has 3 heterocycles. The Hall–Kier alpha value is -1.43. The molecule has 0 N–H and O–H groups in total. The fraction of sp³-hybridized carbons (Fsp3) is 0.526. The zero-order valence-electron chi connectivity index (χ0n) is 14.1. The SMILES string of the molecule is O=C(CN1CCN(Cc2cc3ccccc3s2)CC1)N1CCCC1. The average Bonchev–Trinajstić information content (AvgIpc) is 3.25. The van der Waals surface area contributed by atoms with Gasteiger partial charge in [-0.2, -0.15) is 0 Å². The largest absolute Gasteiger partial charge is 0.342 e. The maximum atomic E-state index is 12.3. The van der Waals surface area contributed by atoms with Gasteiger partial charge in [-0.1, -0.05) is 18.2 Å². The molecule has 0 aliphatic carbocycles. The Kier molecular flexibility index (Phi) is 4.83. The van der Waals surface area contributed by atoms with E-state index in [0.29, 0.717) is 12.5 Å².